The van der Waals surface area contributed by atoms with E-state index in [2.05, 4.69) is 40.4 Å². The van der Waals surface area contributed by atoms with Crippen LogP contribution in [0, 0.1) is 19.7 Å². The summed E-state index contributed by atoms with van der Waals surface area (Å²) in [5, 5.41) is 10.9. The standard InChI is InChI=1S/C19H15ClFN5S/c1-10-3-4-11(2)13(7-10)16-9-27-19(23-16)17-18(22)26(25-24-17)12-5-6-15(21)14(20)8-12/h3-9H,22H2,1-2H3. The molecule has 5 nitrogen and oxygen atoms in total. The van der Waals surface area contributed by atoms with Gasteiger partial charge in [-0.2, -0.15) is 4.68 Å². The summed E-state index contributed by atoms with van der Waals surface area (Å²) in [7, 11) is 0. The van der Waals surface area contributed by atoms with Gasteiger partial charge < -0.3 is 5.73 Å². The largest absolute Gasteiger partial charge is 0.382 e. The van der Waals surface area contributed by atoms with Gasteiger partial charge in [-0.1, -0.05) is 34.5 Å². The van der Waals surface area contributed by atoms with Crippen LogP contribution in [-0.4, -0.2) is 20.0 Å². The van der Waals surface area contributed by atoms with Crippen LogP contribution in [0.4, 0.5) is 10.2 Å². The predicted molar refractivity (Wildman–Crippen MR) is 107 cm³/mol. The van der Waals surface area contributed by atoms with Crippen molar-refractivity contribution >= 4 is 28.8 Å². The normalized spacial score (nSPS) is 11.1. The van der Waals surface area contributed by atoms with Gasteiger partial charge in [0.1, 0.15) is 10.8 Å². The quantitative estimate of drug-likeness (QED) is 0.523. The van der Waals surface area contributed by atoms with Crippen molar-refractivity contribution in [2.24, 2.45) is 0 Å². The van der Waals surface area contributed by atoms with Gasteiger partial charge in [-0.15, -0.1) is 16.4 Å². The van der Waals surface area contributed by atoms with Crippen molar-refractivity contribution in [3.63, 3.8) is 0 Å². The number of thiazole rings is 1. The van der Waals surface area contributed by atoms with Crippen molar-refractivity contribution in [2.45, 2.75) is 13.8 Å². The number of rotatable bonds is 3. The number of hydrogen-bond acceptors (Lipinski definition) is 5. The average Bonchev–Trinajstić information content (AvgIpc) is 3.26. The molecule has 0 fully saturated rings. The summed E-state index contributed by atoms with van der Waals surface area (Å²) >= 11 is 7.30. The molecule has 2 heterocycles. The fourth-order valence-corrected chi connectivity index (χ4v) is 3.75. The van der Waals surface area contributed by atoms with Crippen LogP contribution in [0.25, 0.3) is 27.6 Å². The van der Waals surface area contributed by atoms with Crippen molar-refractivity contribution in [1.82, 2.24) is 20.0 Å². The molecule has 136 valence electrons. The first-order valence-electron chi connectivity index (χ1n) is 8.14. The highest BCUT2D eigenvalue weighted by Gasteiger charge is 2.18. The molecule has 8 heteroatoms. The van der Waals surface area contributed by atoms with Gasteiger partial charge in [-0.05, 0) is 43.7 Å². The molecular weight excluding hydrogens is 385 g/mol. The molecule has 0 aliphatic carbocycles. The van der Waals surface area contributed by atoms with Crippen LogP contribution in [0.3, 0.4) is 0 Å². The maximum absolute atomic E-state index is 13.4. The number of hydrogen-bond donors (Lipinski definition) is 1. The minimum absolute atomic E-state index is 0.00425. The van der Waals surface area contributed by atoms with E-state index in [4.69, 9.17) is 17.3 Å². The van der Waals surface area contributed by atoms with Gasteiger partial charge in [-0.25, -0.2) is 9.37 Å². The number of aromatic nitrogens is 4. The van der Waals surface area contributed by atoms with Crippen molar-refractivity contribution in [3.8, 4) is 27.6 Å². The SMILES string of the molecule is Cc1ccc(C)c(-c2csc(-c3nnn(-c4ccc(F)c(Cl)c4)c3N)n2)c1. The molecule has 2 aromatic heterocycles. The van der Waals surface area contributed by atoms with Crippen molar-refractivity contribution in [2.75, 3.05) is 5.73 Å². The van der Waals surface area contributed by atoms with E-state index in [1.807, 2.05) is 12.3 Å². The first-order chi connectivity index (χ1) is 12.9. The summed E-state index contributed by atoms with van der Waals surface area (Å²) in [6, 6.07) is 10.5. The Morgan fingerprint density at radius 1 is 1.15 bits per heavy atom. The van der Waals surface area contributed by atoms with Gasteiger partial charge in [0.25, 0.3) is 0 Å². The highest BCUT2D eigenvalue weighted by molar-refractivity contribution is 7.13. The van der Waals surface area contributed by atoms with Crippen molar-refractivity contribution < 1.29 is 4.39 Å². The minimum atomic E-state index is -0.502. The Labute approximate surface area is 164 Å². The summed E-state index contributed by atoms with van der Waals surface area (Å²) in [4.78, 5) is 4.69. The molecule has 0 aliphatic rings. The third-order valence-electron chi connectivity index (χ3n) is 4.23. The fraction of sp³-hybridized carbons (Fsp3) is 0.105. The molecule has 0 amide bonds. The highest BCUT2D eigenvalue weighted by Crippen LogP contribution is 2.33. The maximum atomic E-state index is 13.4. The first-order valence-corrected chi connectivity index (χ1v) is 9.40. The van der Waals surface area contributed by atoms with E-state index in [-0.39, 0.29) is 5.02 Å². The Morgan fingerprint density at radius 2 is 1.96 bits per heavy atom. The van der Waals surface area contributed by atoms with Crippen LogP contribution in [0.15, 0.2) is 41.8 Å². The zero-order valence-electron chi connectivity index (χ0n) is 14.6. The number of nitrogens with two attached hydrogens (primary N) is 1. The lowest BCUT2D eigenvalue weighted by atomic mass is 10.0. The lowest BCUT2D eigenvalue weighted by Crippen LogP contribution is -2.02. The van der Waals surface area contributed by atoms with E-state index in [1.165, 1.54) is 33.7 Å². The summed E-state index contributed by atoms with van der Waals surface area (Å²) in [6.07, 6.45) is 0. The molecule has 0 spiro atoms. The summed E-state index contributed by atoms with van der Waals surface area (Å²) in [5.41, 5.74) is 11.5. The molecule has 0 radical (unpaired) electrons. The van der Waals surface area contributed by atoms with Crippen LogP contribution in [0.2, 0.25) is 5.02 Å². The monoisotopic (exact) mass is 399 g/mol. The van der Waals surface area contributed by atoms with Crippen molar-refractivity contribution in [1.29, 1.82) is 0 Å². The molecule has 0 unspecified atom stereocenters. The number of nitrogen functional groups attached to an aromatic ring is 1. The number of aryl methyl sites for hydroxylation is 2. The summed E-state index contributed by atoms with van der Waals surface area (Å²) in [5.74, 6) is -0.183. The average molecular weight is 400 g/mol. The third kappa shape index (κ3) is 3.20. The molecule has 4 aromatic rings. The van der Waals surface area contributed by atoms with Crippen LogP contribution in [0.5, 0.6) is 0 Å². The molecule has 2 N–H and O–H groups in total. The predicted octanol–water partition coefficient (Wildman–Crippen LogP) is 5.05. The summed E-state index contributed by atoms with van der Waals surface area (Å²) < 4.78 is 14.8. The zero-order chi connectivity index (χ0) is 19.1. The van der Waals surface area contributed by atoms with Crippen LogP contribution >= 0.6 is 22.9 Å². The van der Waals surface area contributed by atoms with Crippen LogP contribution in [-0.2, 0) is 0 Å². The Hall–Kier alpha value is -2.77. The van der Waals surface area contributed by atoms with Crippen LogP contribution in [0.1, 0.15) is 11.1 Å². The molecule has 0 saturated carbocycles. The molecule has 2 aromatic carbocycles. The van der Waals surface area contributed by atoms with Gasteiger partial charge in [0.2, 0.25) is 0 Å². The Morgan fingerprint density at radius 3 is 2.74 bits per heavy atom. The number of anilines is 1. The van der Waals surface area contributed by atoms with Gasteiger partial charge in [0, 0.05) is 10.9 Å². The third-order valence-corrected chi connectivity index (χ3v) is 5.37. The summed E-state index contributed by atoms with van der Waals surface area (Å²) in [6.45, 7) is 4.10. The Bertz CT molecular complexity index is 1150. The molecule has 0 atom stereocenters. The lowest BCUT2D eigenvalue weighted by molar-refractivity contribution is 0.627. The smallest absolute Gasteiger partial charge is 0.165 e. The van der Waals surface area contributed by atoms with E-state index < -0.39 is 5.82 Å². The first kappa shape index (κ1) is 17.6. The van der Waals surface area contributed by atoms with Crippen LogP contribution < -0.4 is 5.73 Å². The highest BCUT2D eigenvalue weighted by atomic mass is 35.5. The second kappa shape index (κ2) is 6.75. The number of benzene rings is 2. The van der Waals surface area contributed by atoms with Gasteiger partial charge in [0.15, 0.2) is 11.5 Å². The second-order valence-corrected chi connectivity index (χ2v) is 7.46. The molecular formula is C19H15ClFN5S. The maximum Gasteiger partial charge on any atom is 0.165 e. The Kier molecular flexibility index (Phi) is 4.41. The van der Waals surface area contributed by atoms with Gasteiger partial charge in [-0.3, -0.25) is 0 Å². The lowest BCUT2D eigenvalue weighted by Gasteiger charge is -2.04. The van der Waals surface area contributed by atoms with E-state index in [9.17, 15) is 4.39 Å². The van der Waals surface area contributed by atoms with E-state index in [1.54, 1.807) is 6.07 Å². The Balaban J connectivity index is 1.73. The zero-order valence-corrected chi connectivity index (χ0v) is 16.1. The molecule has 4 rings (SSSR count). The topological polar surface area (TPSA) is 69.6 Å². The molecule has 0 aliphatic heterocycles. The molecule has 0 saturated heterocycles. The van der Waals surface area contributed by atoms with E-state index in [0.717, 1.165) is 16.8 Å². The van der Waals surface area contributed by atoms with E-state index in [0.29, 0.717) is 22.2 Å². The van der Waals surface area contributed by atoms with Gasteiger partial charge in [0.05, 0.1) is 16.4 Å². The molecule has 0 bridgehead atoms. The number of nitrogens with zero attached hydrogens (tertiary/aromatic N) is 4. The minimum Gasteiger partial charge on any atom is -0.382 e. The van der Waals surface area contributed by atoms with E-state index >= 15 is 0 Å². The van der Waals surface area contributed by atoms with Gasteiger partial charge >= 0.3 is 0 Å². The number of halogens is 2. The van der Waals surface area contributed by atoms with Crippen molar-refractivity contribution in [3.05, 3.63) is 63.7 Å². The second-order valence-electron chi connectivity index (χ2n) is 6.19. The molecule has 27 heavy (non-hydrogen) atoms. The fourth-order valence-electron chi connectivity index (χ4n) is 2.77.